The van der Waals surface area contributed by atoms with Crippen molar-refractivity contribution in [2.45, 2.75) is 26.4 Å². The molecule has 4 heterocycles. The zero-order chi connectivity index (χ0) is 26.6. The van der Waals surface area contributed by atoms with E-state index in [2.05, 4.69) is 40.7 Å². The minimum Gasteiger partial charge on any atom is -0.464 e. The maximum Gasteiger partial charge on any atom is 0.356 e. The SMILES string of the molecule is COCC(=O)Nc1c(C(=O)OC)n(CCc2c[nH]c3ccccc23)c2ncc(NCc3ccc(C)s3)cc12. The van der Waals surface area contributed by atoms with Crippen molar-refractivity contribution in [3.05, 3.63) is 75.9 Å². The molecule has 0 spiro atoms. The molecule has 0 saturated carbocycles. The molecule has 4 aromatic heterocycles. The number of pyridine rings is 1. The number of para-hydroxylation sites is 1. The number of ether oxygens (including phenoxy) is 2. The zero-order valence-electron chi connectivity index (χ0n) is 21.5. The van der Waals surface area contributed by atoms with E-state index in [0.29, 0.717) is 36.2 Å². The molecule has 0 aliphatic carbocycles. The highest BCUT2D eigenvalue weighted by Gasteiger charge is 2.26. The van der Waals surface area contributed by atoms with Crippen molar-refractivity contribution in [1.82, 2.24) is 14.5 Å². The van der Waals surface area contributed by atoms with Gasteiger partial charge in [-0.15, -0.1) is 11.3 Å². The number of carbonyl (C=O) groups excluding carboxylic acids is 2. The number of aromatic nitrogens is 3. The predicted molar refractivity (Wildman–Crippen MR) is 150 cm³/mol. The topological polar surface area (TPSA) is 110 Å². The minimum absolute atomic E-state index is 0.147. The van der Waals surface area contributed by atoms with Crippen molar-refractivity contribution < 1.29 is 19.1 Å². The first kappa shape index (κ1) is 25.5. The third-order valence-electron chi connectivity index (χ3n) is 6.36. The number of methoxy groups -OCH3 is 2. The molecular formula is C28H29N5O4S. The molecule has 9 nitrogen and oxygen atoms in total. The van der Waals surface area contributed by atoms with Gasteiger partial charge >= 0.3 is 5.97 Å². The average molecular weight is 532 g/mol. The maximum atomic E-state index is 13.1. The van der Waals surface area contributed by atoms with Gasteiger partial charge in [-0.05, 0) is 43.2 Å². The molecule has 196 valence electrons. The number of esters is 1. The summed E-state index contributed by atoms with van der Waals surface area (Å²) in [5.41, 5.74) is 4.12. The number of rotatable bonds is 10. The fourth-order valence-corrected chi connectivity index (χ4v) is 5.45. The first-order valence-electron chi connectivity index (χ1n) is 12.2. The number of aromatic amines is 1. The van der Waals surface area contributed by atoms with Crippen LogP contribution in [0.25, 0.3) is 21.9 Å². The third-order valence-corrected chi connectivity index (χ3v) is 7.36. The lowest BCUT2D eigenvalue weighted by Crippen LogP contribution is -2.20. The van der Waals surface area contributed by atoms with Gasteiger partial charge in [0.25, 0.3) is 0 Å². The fourth-order valence-electron chi connectivity index (χ4n) is 4.62. The van der Waals surface area contributed by atoms with Crippen molar-refractivity contribution >= 4 is 56.5 Å². The van der Waals surface area contributed by atoms with Crippen molar-refractivity contribution in [2.75, 3.05) is 31.5 Å². The molecule has 0 unspecified atom stereocenters. The molecule has 5 rings (SSSR count). The van der Waals surface area contributed by atoms with Crippen molar-refractivity contribution in [3.8, 4) is 0 Å². The molecular weight excluding hydrogens is 502 g/mol. The van der Waals surface area contributed by atoms with E-state index in [4.69, 9.17) is 14.5 Å². The second-order valence-corrected chi connectivity index (χ2v) is 10.3. The largest absolute Gasteiger partial charge is 0.464 e. The molecule has 5 aromatic rings. The summed E-state index contributed by atoms with van der Waals surface area (Å²) in [5, 5.41) is 8.02. The molecule has 0 saturated heterocycles. The van der Waals surface area contributed by atoms with Crippen LogP contribution in [0.5, 0.6) is 0 Å². The Morgan fingerprint density at radius 1 is 1.13 bits per heavy atom. The highest BCUT2D eigenvalue weighted by atomic mass is 32.1. The molecule has 0 fully saturated rings. The molecule has 10 heteroatoms. The standard InChI is InChI=1S/C28H29N5O4S/c1-17-8-9-20(38-17)15-29-19-12-22-25(32-24(34)16-36-2)26(28(35)37-3)33(27(22)31-14-19)11-10-18-13-30-23-7-5-4-6-21(18)23/h4-9,12-14,29-30H,10-11,15-16H2,1-3H3,(H,32,34). The van der Waals surface area contributed by atoms with E-state index in [1.807, 2.05) is 35.0 Å². The van der Waals surface area contributed by atoms with Gasteiger partial charge in [0.2, 0.25) is 5.91 Å². The van der Waals surface area contributed by atoms with Gasteiger partial charge in [-0.1, -0.05) is 18.2 Å². The lowest BCUT2D eigenvalue weighted by Gasteiger charge is -2.10. The summed E-state index contributed by atoms with van der Waals surface area (Å²) in [6, 6.07) is 14.2. The van der Waals surface area contributed by atoms with Crippen molar-refractivity contribution in [2.24, 2.45) is 0 Å². The van der Waals surface area contributed by atoms with Crippen LogP contribution in [0.15, 0.2) is 54.9 Å². The van der Waals surface area contributed by atoms with E-state index in [-0.39, 0.29) is 18.2 Å². The number of hydrogen-bond acceptors (Lipinski definition) is 7. The number of thiophene rings is 1. The van der Waals surface area contributed by atoms with E-state index < -0.39 is 5.97 Å². The lowest BCUT2D eigenvalue weighted by molar-refractivity contribution is -0.119. The van der Waals surface area contributed by atoms with Gasteiger partial charge in [0.15, 0.2) is 5.69 Å². The number of hydrogen-bond donors (Lipinski definition) is 3. The molecule has 0 aliphatic rings. The Labute approximate surface area is 223 Å². The average Bonchev–Trinajstić information content (AvgIpc) is 3.61. The monoisotopic (exact) mass is 531 g/mol. The summed E-state index contributed by atoms with van der Waals surface area (Å²) in [6.07, 6.45) is 4.37. The number of fused-ring (bicyclic) bond motifs is 2. The maximum absolute atomic E-state index is 13.1. The van der Waals surface area contributed by atoms with Gasteiger partial charge in [-0.3, -0.25) is 4.79 Å². The quantitative estimate of drug-likeness (QED) is 0.216. The summed E-state index contributed by atoms with van der Waals surface area (Å²) >= 11 is 1.73. The second-order valence-electron chi connectivity index (χ2n) is 8.92. The van der Waals surface area contributed by atoms with Crippen LogP contribution in [-0.4, -0.2) is 47.2 Å². The number of H-pyrrole nitrogens is 1. The third kappa shape index (κ3) is 5.13. The highest BCUT2D eigenvalue weighted by molar-refractivity contribution is 7.11. The van der Waals surface area contributed by atoms with Crippen LogP contribution in [0, 0.1) is 6.92 Å². The van der Waals surface area contributed by atoms with E-state index in [9.17, 15) is 9.59 Å². The Bertz CT molecular complexity index is 1620. The van der Waals surface area contributed by atoms with Crippen LogP contribution in [0.3, 0.4) is 0 Å². The zero-order valence-corrected chi connectivity index (χ0v) is 22.3. The molecule has 1 aromatic carbocycles. The molecule has 0 bridgehead atoms. The van der Waals surface area contributed by atoms with Gasteiger partial charge in [0, 0.05) is 52.4 Å². The Balaban J connectivity index is 1.55. The Morgan fingerprint density at radius 2 is 1.97 bits per heavy atom. The first-order valence-corrected chi connectivity index (χ1v) is 13.0. The Morgan fingerprint density at radius 3 is 2.74 bits per heavy atom. The number of aryl methyl sites for hydroxylation is 3. The molecule has 1 amide bonds. The number of nitrogens with zero attached hydrogens (tertiary/aromatic N) is 2. The van der Waals surface area contributed by atoms with E-state index in [0.717, 1.165) is 22.2 Å². The minimum atomic E-state index is -0.557. The van der Waals surface area contributed by atoms with Crippen LogP contribution in [0.2, 0.25) is 0 Å². The molecule has 0 atom stereocenters. The van der Waals surface area contributed by atoms with Crippen LogP contribution in [-0.2, 0) is 33.8 Å². The van der Waals surface area contributed by atoms with Crippen LogP contribution in [0.4, 0.5) is 11.4 Å². The van der Waals surface area contributed by atoms with Crippen molar-refractivity contribution in [3.63, 3.8) is 0 Å². The van der Waals surface area contributed by atoms with Crippen LogP contribution < -0.4 is 10.6 Å². The summed E-state index contributed by atoms with van der Waals surface area (Å²) in [4.78, 5) is 36.1. The van der Waals surface area contributed by atoms with Crippen LogP contribution in [0.1, 0.15) is 25.8 Å². The van der Waals surface area contributed by atoms with E-state index in [1.54, 1.807) is 17.5 Å². The summed E-state index contributed by atoms with van der Waals surface area (Å²) in [6.45, 7) is 3.02. The Kier molecular flexibility index (Phi) is 7.43. The summed E-state index contributed by atoms with van der Waals surface area (Å²) in [5.74, 6) is -0.932. The normalized spacial score (nSPS) is 11.2. The smallest absolute Gasteiger partial charge is 0.356 e. The van der Waals surface area contributed by atoms with Crippen LogP contribution >= 0.6 is 11.3 Å². The number of anilines is 2. The van der Waals surface area contributed by atoms with Gasteiger partial charge in [-0.2, -0.15) is 0 Å². The first-order chi connectivity index (χ1) is 18.5. The van der Waals surface area contributed by atoms with E-state index in [1.165, 1.54) is 24.0 Å². The predicted octanol–water partition coefficient (Wildman–Crippen LogP) is 5.11. The number of amides is 1. The number of nitrogens with one attached hydrogen (secondary N) is 3. The second kappa shape index (κ2) is 11.1. The van der Waals surface area contributed by atoms with E-state index >= 15 is 0 Å². The lowest BCUT2D eigenvalue weighted by atomic mass is 10.1. The number of carbonyl (C=O) groups is 2. The van der Waals surface area contributed by atoms with Gasteiger partial charge in [0.05, 0.1) is 24.7 Å². The molecule has 0 radical (unpaired) electrons. The Hall–Kier alpha value is -4.15. The fraction of sp³-hybridized carbons (Fsp3) is 0.250. The van der Waals surface area contributed by atoms with Gasteiger partial charge in [-0.25, -0.2) is 9.78 Å². The van der Waals surface area contributed by atoms with Crippen molar-refractivity contribution in [1.29, 1.82) is 0 Å². The van der Waals surface area contributed by atoms with Gasteiger partial charge < -0.3 is 29.7 Å². The number of benzene rings is 1. The highest BCUT2D eigenvalue weighted by Crippen LogP contribution is 2.33. The molecule has 38 heavy (non-hydrogen) atoms. The summed E-state index contributed by atoms with van der Waals surface area (Å²) in [7, 11) is 2.77. The molecule has 3 N–H and O–H groups in total. The summed E-state index contributed by atoms with van der Waals surface area (Å²) < 4.78 is 12.0. The molecule has 0 aliphatic heterocycles. The van der Waals surface area contributed by atoms with Gasteiger partial charge in [0.1, 0.15) is 12.3 Å².